The number of hydrogen-bond acceptors (Lipinski definition) is 4. The van der Waals surface area contributed by atoms with Crippen LogP contribution in [0.2, 0.25) is 0 Å². The van der Waals surface area contributed by atoms with Crippen LogP contribution in [0.25, 0.3) is 16.8 Å². The Kier molecular flexibility index (Phi) is 4.60. The Morgan fingerprint density at radius 2 is 1.57 bits per heavy atom. The Morgan fingerprint density at radius 3 is 2.23 bits per heavy atom. The summed E-state index contributed by atoms with van der Waals surface area (Å²) < 4.78 is 79.0. The lowest BCUT2D eigenvalue weighted by Crippen LogP contribution is -2.08. The molecule has 0 aliphatic heterocycles. The van der Waals surface area contributed by atoms with Crippen LogP contribution in [0.1, 0.15) is 11.1 Å². The zero-order valence-electron chi connectivity index (χ0n) is 14.8. The summed E-state index contributed by atoms with van der Waals surface area (Å²) in [7, 11) is 0. The predicted molar refractivity (Wildman–Crippen MR) is 95.9 cm³/mol. The van der Waals surface area contributed by atoms with E-state index in [-0.39, 0.29) is 17.2 Å². The number of anilines is 2. The molecule has 0 aliphatic rings. The third kappa shape index (κ3) is 3.78. The number of pyridine rings is 1. The number of alkyl halides is 6. The van der Waals surface area contributed by atoms with Crippen LogP contribution in [0, 0.1) is 0 Å². The standard InChI is InChI=1S/C19H11F6N5/c20-18(21,22)12-3-5-13(6-4-12)29-17-27-10-14-8-11(9-28-30(14)17)16-15(19(23,24)25)2-1-7-26-16/h1-10H,(H,27,29). The second-order valence-corrected chi connectivity index (χ2v) is 6.26. The Bertz CT molecular complexity index is 1190. The van der Waals surface area contributed by atoms with Gasteiger partial charge in [0.2, 0.25) is 5.95 Å². The van der Waals surface area contributed by atoms with Crippen molar-refractivity contribution in [2.45, 2.75) is 12.4 Å². The lowest BCUT2D eigenvalue weighted by molar-refractivity contribution is -0.138. The van der Waals surface area contributed by atoms with Crippen molar-refractivity contribution in [3.8, 4) is 11.3 Å². The Labute approximate surface area is 165 Å². The van der Waals surface area contributed by atoms with Gasteiger partial charge in [0, 0.05) is 17.4 Å². The summed E-state index contributed by atoms with van der Waals surface area (Å²) in [6, 6.07) is 7.88. The highest BCUT2D eigenvalue weighted by atomic mass is 19.4. The van der Waals surface area contributed by atoms with Gasteiger partial charge in [-0.15, -0.1) is 0 Å². The molecule has 0 amide bonds. The van der Waals surface area contributed by atoms with E-state index in [1.807, 2.05) is 0 Å². The van der Waals surface area contributed by atoms with Crippen LogP contribution in [0.3, 0.4) is 0 Å². The van der Waals surface area contributed by atoms with Crippen molar-refractivity contribution >= 4 is 17.2 Å². The summed E-state index contributed by atoms with van der Waals surface area (Å²) in [5, 5.41) is 6.92. The van der Waals surface area contributed by atoms with E-state index in [1.165, 1.54) is 47.4 Å². The molecule has 0 aliphatic carbocycles. The van der Waals surface area contributed by atoms with Gasteiger partial charge < -0.3 is 5.32 Å². The molecule has 0 spiro atoms. The van der Waals surface area contributed by atoms with Crippen molar-refractivity contribution in [1.82, 2.24) is 19.6 Å². The smallest absolute Gasteiger partial charge is 0.324 e. The third-order valence-corrected chi connectivity index (χ3v) is 4.23. The van der Waals surface area contributed by atoms with E-state index in [2.05, 4.69) is 20.4 Å². The number of benzene rings is 1. The van der Waals surface area contributed by atoms with Crippen molar-refractivity contribution < 1.29 is 26.3 Å². The Hall–Kier alpha value is -3.63. The highest BCUT2D eigenvalue weighted by molar-refractivity contribution is 5.69. The molecule has 4 rings (SSSR count). The molecule has 1 aromatic carbocycles. The van der Waals surface area contributed by atoms with E-state index in [9.17, 15) is 26.3 Å². The molecule has 11 heteroatoms. The largest absolute Gasteiger partial charge is 0.418 e. The predicted octanol–water partition coefficient (Wildman–Crippen LogP) is 5.57. The molecular formula is C19H11F6N5. The van der Waals surface area contributed by atoms with Crippen LogP contribution in [-0.2, 0) is 12.4 Å². The molecule has 30 heavy (non-hydrogen) atoms. The Morgan fingerprint density at radius 1 is 0.833 bits per heavy atom. The number of imidazole rings is 1. The molecule has 0 saturated heterocycles. The summed E-state index contributed by atoms with van der Waals surface area (Å²) >= 11 is 0. The number of hydrogen-bond donors (Lipinski definition) is 1. The molecule has 0 saturated carbocycles. The molecule has 3 heterocycles. The topological polar surface area (TPSA) is 55.1 Å². The van der Waals surface area contributed by atoms with E-state index in [4.69, 9.17) is 0 Å². The van der Waals surface area contributed by atoms with Gasteiger partial charge in [0.15, 0.2) is 0 Å². The van der Waals surface area contributed by atoms with Crippen molar-refractivity contribution in [2.24, 2.45) is 0 Å². The normalized spacial score (nSPS) is 12.3. The lowest BCUT2D eigenvalue weighted by atomic mass is 10.1. The maximum atomic E-state index is 13.2. The lowest BCUT2D eigenvalue weighted by Gasteiger charge is -2.12. The van der Waals surface area contributed by atoms with Gasteiger partial charge in [-0.05, 0) is 42.5 Å². The first kappa shape index (κ1) is 19.7. The molecule has 3 aromatic heterocycles. The van der Waals surface area contributed by atoms with Crippen LogP contribution >= 0.6 is 0 Å². The molecule has 0 bridgehead atoms. The first-order valence-corrected chi connectivity index (χ1v) is 8.43. The van der Waals surface area contributed by atoms with Crippen LogP contribution in [0.4, 0.5) is 38.0 Å². The van der Waals surface area contributed by atoms with Gasteiger partial charge in [-0.25, -0.2) is 4.98 Å². The van der Waals surface area contributed by atoms with Gasteiger partial charge in [0.05, 0.1) is 34.7 Å². The molecular weight excluding hydrogens is 412 g/mol. The second kappa shape index (κ2) is 7.01. The summed E-state index contributed by atoms with van der Waals surface area (Å²) in [6.07, 6.45) is -5.19. The molecule has 0 radical (unpaired) electrons. The van der Waals surface area contributed by atoms with E-state index in [0.29, 0.717) is 11.2 Å². The van der Waals surface area contributed by atoms with Crippen LogP contribution in [0.15, 0.2) is 61.1 Å². The third-order valence-electron chi connectivity index (χ3n) is 4.23. The van der Waals surface area contributed by atoms with Gasteiger partial charge in [0.1, 0.15) is 0 Å². The molecule has 1 N–H and O–H groups in total. The molecule has 154 valence electrons. The van der Waals surface area contributed by atoms with Crippen LogP contribution < -0.4 is 5.32 Å². The minimum Gasteiger partial charge on any atom is -0.324 e. The zero-order valence-corrected chi connectivity index (χ0v) is 14.8. The summed E-state index contributed by atoms with van der Waals surface area (Å²) in [6.45, 7) is 0. The zero-order chi connectivity index (χ0) is 21.5. The summed E-state index contributed by atoms with van der Waals surface area (Å²) in [4.78, 5) is 7.92. The molecule has 0 unspecified atom stereocenters. The van der Waals surface area contributed by atoms with E-state index in [1.54, 1.807) is 0 Å². The summed E-state index contributed by atoms with van der Waals surface area (Å²) in [5.74, 6) is 0.188. The number of aromatic nitrogens is 4. The fourth-order valence-electron chi connectivity index (χ4n) is 2.85. The van der Waals surface area contributed by atoms with Crippen molar-refractivity contribution in [3.05, 3.63) is 72.2 Å². The first-order chi connectivity index (χ1) is 14.1. The van der Waals surface area contributed by atoms with Gasteiger partial charge in [-0.1, -0.05) is 0 Å². The molecule has 5 nitrogen and oxygen atoms in total. The second-order valence-electron chi connectivity index (χ2n) is 6.26. The van der Waals surface area contributed by atoms with Crippen molar-refractivity contribution in [1.29, 1.82) is 0 Å². The van der Waals surface area contributed by atoms with E-state index in [0.717, 1.165) is 18.2 Å². The first-order valence-electron chi connectivity index (χ1n) is 8.43. The minimum absolute atomic E-state index is 0.149. The monoisotopic (exact) mass is 423 g/mol. The Balaban J connectivity index is 1.66. The average molecular weight is 423 g/mol. The fraction of sp³-hybridized carbons (Fsp3) is 0.105. The maximum absolute atomic E-state index is 13.2. The van der Waals surface area contributed by atoms with E-state index < -0.39 is 23.5 Å². The fourth-order valence-corrected chi connectivity index (χ4v) is 2.85. The number of fused-ring (bicyclic) bond motifs is 1. The van der Waals surface area contributed by atoms with Crippen molar-refractivity contribution in [2.75, 3.05) is 5.32 Å². The number of nitrogens with zero attached hydrogens (tertiary/aromatic N) is 4. The van der Waals surface area contributed by atoms with Gasteiger partial charge in [0.25, 0.3) is 0 Å². The van der Waals surface area contributed by atoms with Crippen LogP contribution in [-0.4, -0.2) is 19.6 Å². The highest BCUT2D eigenvalue weighted by Gasteiger charge is 2.34. The number of halogens is 6. The molecule has 0 atom stereocenters. The van der Waals surface area contributed by atoms with Gasteiger partial charge >= 0.3 is 12.4 Å². The average Bonchev–Trinajstić information content (AvgIpc) is 3.09. The molecule has 4 aromatic rings. The van der Waals surface area contributed by atoms with Crippen LogP contribution in [0.5, 0.6) is 0 Å². The quantitative estimate of drug-likeness (QED) is 0.438. The highest BCUT2D eigenvalue weighted by Crippen LogP contribution is 2.36. The van der Waals surface area contributed by atoms with Gasteiger partial charge in [-0.3, -0.25) is 4.98 Å². The number of rotatable bonds is 3. The van der Waals surface area contributed by atoms with Crippen molar-refractivity contribution in [3.63, 3.8) is 0 Å². The number of nitrogens with one attached hydrogen (secondary N) is 1. The van der Waals surface area contributed by atoms with E-state index >= 15 is 0 Å². The molecule has 0 fully saturated rings. The maximum Gasteiger partial charge on any atom is 0.418 e. The van der Waals surface area contributed by atoms with Gasteiger partial charge in [-0.2, -0.15) is 36.0 Å². The minimum atomic E-state index is -4.58. The summed E-state index contributed by atoms with van der Waals surface area (Å²) in [5.41, 5.74) is -1.08. The SMILES string of the molecule is FC(F)(F)c1ccc(Nc2ncc3cc(-c4ncccc4C(F)(F)F)cnn23)cc1.